The summed E-state index contributed by atoms with van der Waals surface area (Å²) in [5.74, 6) is -0.531. The number of rotatable bonds is 7. The Kier molecular flexibility index (Phi) is 8.30. The molecule has 5 nitrogen and oxygen atoms in total. The Balaban J connectivity index is 1.54. The summed E-state index contributed by atoms with van der Waals surface area (Å²) in [6.07, 6.45) is 4.13. The zero-order valence-corrected chi connectivity index (χ0v) is 28.1. The van der Waals surface area contributed by atoms with E-state index in [-0.39, 0.29) is 11.4 Å². The largest absolute Gasteiger partial charge is 0.444 e. The van der Waals surface area contributed by atoms with Crippen molar-refractivity contribution in [3.8, 4) is 0 Å². The van der Waals surface area contributed by atoms with Gasteiger partial charge in [-0.3, -0.25) is 0 Å². The third-order valence-electron chi connectivity index (χ3n) is 8.95. The van der Waals surface area contributed by atoms with E-state index in [1.54, 1.807) is 48.5 Å². The van der Waals surface area contributed by atoms with Crippen LogP contribution in [0.15, 0.2) is 161 Å². The van der Waals surface area contributed by atoms with Crippen molar-refractivity contribution in [3.63, 3.8) is 0 Å². The molecule has 7 rings (SSSR count). The molecule has 0 spiro atoms. The summed E-state index contributed by atoms with van der Waals surface area (Å²) >= 11 is 3.57. The Bertz CT molecular complexity index is 2110. The minimum Gasteiger partial charge on any atom is -0.444 e. The van der Waals surface area contributed by atoms with Gasteiger partial charge in [-0.1, -0.05) is 131 Å². The molecule has 1 heterocycles. The van der Waals surface area contributed by atoms with Gasteiger partial charge in [-0.05, 0) is 72.0 Å². The van der Waals surface area contributed by atoms with Crippen LogP contribution >= 0.6 is 15.9 Å². The second kappa shape index (κ2) is 12.6. The lowest BCUT2D eigenvalue weighted by molar-refractivity contribution is -0.0304. The highest BCUT2D eigenvalue weighted by molar-refractivity contribution is 9.10. The van der Waals surface area contributed by atoms with Crippen LogP contribution in [0.1, 0.15) is 38.2 Å². The molecular weight excluding hydrogens is 670 g/mol. The van der Waals surface area contributed by atoms with Crippen molar-refractivity contribution in [1.29, 1.82) is 0 Å². The average Bonchev–Trinajstić information content (AvgIpc) is 3.26. The molecule has 7 heteroatoms. The van der Waals surface area contributed by atoms with Crippen molar-refractivity contribution >= 4 is 37.5 Å². The Morgan fingerprint density at radius 1 is 0.830 bits per heavy atom. The van der Waals surface area contributed by atoms with Gasteiger partial charge in [0.15, 0.2) is 5.60 Å². The number of ether oxygens (including phenoxy) is 1. The lowest BCUT2D eigenvalue weighted by Gasteiger charge is -2.43. The third kappa shape index (κ3) is 5.58. The van der Waals surface area contributed by atoms with Crippen LogP contribution in [0, 0.1) is 6.92 Å². The fraction of sp³-hybridized carbons (Fsp3) is 0.125. The van der Waals surface area contributed by atoms with E-state index >= 15 is 0 Å². The van der Waals surface area contributed by atoms with E-state index in [0.717, 1.165) is 43.4 Å². The topological polar surface area (TPSA) is 63.7 Å². The number of nitrogens with zero attached hydrogens (tertiary/aromatic N) is 1. The van der Waals surface area contributed by atoms with E-state index in [0.29, 0.717) is 12.0 Å². The fourth-order valence-corrected chi connectivity index (χ4v) is 8.61. The maximum atomic E-state index is 14.8. The smallest absolute Gasteiger partial charge is 0.339 e. The second-order valence-corrected chi connectivity index (χ2v) is 14.6. The molecule has 47 heavy (non-hydrogen) atoms. The summed E-state index contributed by atoms with van der Waals surface area (Å²) in [4.78, 5) is 14.5. The normalized spacial score (nSPS) is 19.1. The van der Waals surface area contributed by atoms with Crippen LogP contribution in [0.2, 0.25) is 0 Å². The SMILES string of the molecule is Cc1ccc(S(=O)(=O)N2CC=CC3=C(c4ccc(Br)cc4)c4ccccc4[C@@]3(OC(=O)c3ccccc3)[C@@H]2Cc2ccccc2)cc1. The van der Waals surface area contributed by atoms with Crippen molar-refractivity contribution in [2.75, 3.05) is 6.54 Å². The van der Waals surface area contributed by atoms with Gasteiger partial charge in [0.1, 0.15) is 0 Å². The molecule has 0 amide bonds. The Labute approximate surface area is 284 Å². The predicted octanol–water partition coefficient (Wildman–Crippen LogP) is 8.50. The standard InChI is InChI=1S/C40H32BrNO4S/c1-28-18-24-33(25-19-28)47(44,45)42-26-10-17-36-38(30-20-22-32(41)23-21-30)34-15-8-9-16-35(34)40(36,37(42)27-29-11-4-2-5-12-29)46-39(43)31-13-6-3-7-14-31/h2-25,37H,26-27H2,1H3/t37-,40-/m0/s1. The number of sulfonamides is 1. The first kappa shape index (κ1) is 31.1. The summed E-state index contributed by atoms with van der Waals surface area (Å²) < 4.78 is 38.9. The summed E-state index contributed by atoms with van der Waals surface area (Å²) in [6.45, 7) is 2.02. The third-order valence-corrected chi connectivity index (χ3v) is 11.4. The number of esters is 1. The maximum absolute atomic E-state index is 14.8. The number of halogens is 1. The first-order chi connectivity index (χ1) is 22.8. The molecule has 0 fully saturated rings. The van der Waals surface area contributed by atoms with Gasteiger partial charge < -0.3 is 4.74 Å². The Morgan fingerprint density at radius 2 is 1.47 bits per heavy atom. The summed E-state index contributed by atoms with van der Waals surface area (Å²) in [5, 5.41) is 0. The van der Waals surface area contributed by atoms with E-state index in [4.69, 9.17) is 4.74 Å². The number of hydrogen-bond acceptors (Lipinski definition) is 4. The number of hydrogen-bond donors (Lipinski definition) is 0. The van der Waals surface area contributed by atoms with Gasteiger partial charge in [0.05, 0.1) is 16.5 Å². The molecule has 5 aromatic carbocycles. The second-order valence-electron chi connectivity index (χ2n) is 11.8. The maximum Gasteiger partial charge on any atom is 0.339 e. The zero-order chi connectivity index (χ0) is 32.6. The lowest BCUT2D eigenvalue weighted by Crippen LogP contribution is -2.55. The molecule has 0 radical (unpaired) electrons. The molecule has 0 saturated heterocycles. The predicted molar refractivity (Wildman–Crippen MR) is 188 cm³/mol. The number of aryl methyl sites for hydroxylation is 1. The first-order valence-electron chi connectivity index (χ1n) is 15.5. The number of fused-ring (bicyclic) bond motifs is 3. The molecule has 0 saturated carbocycles. The van der Waals surface area contributed by atoms with E-state index in [1.165, 1.54) is 4.31 Å². The van der Waals surface area contributed by atoms with Gasteiger partial charge in [0.2, 0.25) is 10.0 Å². The molecule has 2 aliphatic rings. The monoisotopic (exact) mass is 701 g/mol. The van der Waals surface area contributed by atoms with Crippen LogP contribution < -0.4 is 0 Å². The average molecular weight is 703 g/mol. The van der Waals surface area contributed by atoms with Crippen LogP contribution in [0.4, 0.5) is 0 Å². The highest BCUT2D eigenvalue weighted by Gasteiger charge is 2.57. The van der Waals surface area contributed by atoms with Gasteiger partial charge >= 0.3 is 5.97 Å². The quantitative estimate of drug-likeness (QED) is 0.160. The van der Waals surface area contributed by atoms with Gasteiger partial charge in [-0.15, -0.1) is 0 Å². The zero-order valence-electron chi connectivity index (χ0n) is 25.7. The molecule has 1 aliphatic carbocycles. The van der Waals surface area contributed by atoms with E-state index in [1.807, 2.05) is 104 Å². The first-order valence-corrected chi connectivity index (χ1v) is 17.7. The highest BCUT2D eigenvalue weighted by atomic mass is 79.9. The minimum atomic E-state index is -4.08. The van der Waals surface area contributed by atoms with E-state index in [9.17, 15) is 13.2 Å². The molecule has 0 bridgehead atoms. The van der Waals surface area contributed by atoms with Crippen LogP contribution in [-0.4, -0.2) is 31.3 Å². The molecule has 0 N–H and O–H groups in total. The molecular formula is C40H32BrNO4S. The highest BCUT2D eigenvalue weighted by Crippen LogP contribution is 2.55. The summed E-state index contributed by atoms with van der Waals surface area (Å²) in [6, 6.07) is 40.6. The number of carbonyl (C=O) groups excluding carboxylic acids is 1. The Morgan fingerprint density at radius 3 is 2.17 bits per heavy atom. The summed E-state index contributed by atoms with van der Waals surface area (Å²) in [7, 11) is -4.08. The van der Waals surface area contributed by atoms with Crippen LogP contribution in [0.25, 0.3) is 5.57 Å². The number of carbonyl (C=O) groups is 1. The Hall–Kier alpha value is -4.56. The minimum absolute atomic E-state index is 0.0949. The van der Waals surface area contributed by atoms with E-state index in [2.05, 4.69) is 15.9 Å². The van der Waals surface area contributed by atoms with Gasteiger partial charge in [-0.25, -0.2) is 13.2 Å². The molecule has 2 atom stereocenters. The van der Waals surface area contributed by atoms with Crippen molar-refractivity contribution in [2.45, 2.75) is 29.9 Å². The van der Waals surface area contributed by atoms with Crippen LogP contribution in [-0.2, 0) is 26.8 Å². The van der Waals surface area contributed by atoms with Crippen molar-refractivity contribution in [3.05, 3.63) is 189 Å². The summed E-state index contributed by atoms with van der Waals surface area (Å²) in [5.41, 5.74) is 4.99. The fourth-order valence-electron chi connectivity index (χ4n) is 6.75. The molecule has 0 aromatic heterocycles. The lowest BCUT2D eigenvalue weighted by atomic mass is 9.80. The van der Waals surface area contributed by atoms with Gasteiger partial charge in [0, 0.05) is 22.2 Å². The van der Waals surface area contributed by atoms with E-state index < -0.39 is 27.6 Å². The molecule has 1 aliphatic heterocycles. The van der Waals surface area contributed by atoms with Gasteiger partial charge in [-0.2, -0.15) is 4.31 Å². The van der Waals surface area contributed by atoms with Crippen molar-refractivity contribution < 1.29 is 17.9 Å². The van der Waals surface area contributed by atoms with Crippen LogP contribution in [0.3, 0.4) is 0 Å². The molecule has 234 valence electrons. The number of benzene rings is 5. The van der Waals surface area contributed by atoms with Crippen molar-refractivity contribution in [1.82, 2.24) is 4.31 Å². The van der Waals surface area contributed by atoms with Gasteiger partial charge in [0.25, 0.3) is 0 Å². The molecule has 5 aromatic rings. The molecule has 0 unspecified atom stereocenters. The van der Waals surface area contributed by atoms with Crippen molar-refractivity contribution in [2.24, 2.45) is 0 Å². The van der Waals surface area contributed by atoms with Crippen LogP contribution in [0.5, 0.6) is 0 Å².